The number of benzene rings is 2. The Labute approximate surface area is 195 Å². The Bertz CT molecular complexity index is 1080. The van der Waals surface area contributed by atoms with E-state index in [4.69, 9.17) is 5.10 Å². The zero-order valence-electron chi connectivity index (χ0n) is 19.2. The van der Waals surface area contributed by atoms with E-state index in [1.165, 1.54) is 28.7 Å². The summed E-state index contributed by atoms with van der Waals surface area (Å²) in [5, 5.41) is 8.76. The van der Waals surface area contributed by atoms with E-state index in [2.05, 4.69) is 78.1 Å². The molecule has 1 aliphatic heterocycles. The highest BCUT2D eigenvalue weighted by molar-refractivity contribution is 5.97. The normalized spacial score (nSPS) is 25.6. The molecular formula is C28H30N4O. The Balaban J connectivity index is 1.52. The number of carbonyl (C=O) groups is 1. The van der Waals surface area contributed by atoms with E-state index < -0.39 is 0 Å². The molecule has 2 aromatic carbocycles. The highest BCUT2D eigenvalue weighted by Gasteiger charge is 2.45. The summed E-state index contributed by atoms with van der Waals surface area (Å²) in [5.41, 5.74) is 9.59. The zero-order valence-corrected chi connectivity index (χ0v) is 19.2. The summed E-state index contributed by atoms with van der Waals surface area (Å²) in [4.78, 5) is 16.7. The van der Waals surface area contributed by atoms with E-state index >= 15 is 0 Å². The molecule has 168 valence electrons. The fourth-order valence-electron chi connectivity index (χ4n) is 5.28. The van der Waals surface area contributed by atoms with Crippen LogP contribution < -0.4 is 10.7 Å². The predicted molar refractivity (Wildman–Crippen MR) is 131 cm³/mol. The first-order chi connectivity index (χ1) is 16.1. The Morgan fingerprint density at radius 3 is 1.88 bits per heavy atom. The summed E-state index contributed by atoms with van der Waals surface area (Å²) in [7, 11) is 0. The van der Waals surface area contributed by atoms with Gasteiger partial charge in [-0.15, -0.1) is 0 Å². The second-order valence-electron chi connectivity index (χ2n) is 9.30. The van der Waals surface area contributed by atoms with E-state index in [1.807, 2.05) is 0 Å². The lowest BCUT2D eigenvalue weighted by Gasteiger charge is -2.47. The SMILES string of the molecule is Cc1ccc([C@H]2N[C@@H](c3ccc(C)cc3)C3CCCC2C3=NNC(=O)c2ccncc2)cc1. The van der Waals surface area contributed by atoms with Gasteiger partial charge in [0.25, 0.3) is 5.91 Å². The maximum atomic E-state index is 12.7. The van der Waals surface area contributed by atoms with Crippen LogP contribution in [-0.2, 0) is 0 Å². The molecule has 2 aliphatic rings. The minimum atomic E-state index is -0.194. The molecule has 2 fully saturated rings. The average Bonchev–Trinajstić information content (AvgIpc) is 2.84. The van der Waals surface area contributed by atoms with Crippen molar-refractivity contribution >= 4 is 11.6 Å². The number of fused-ring (bicyclic) bond motifs is 2. The molecule has 2 bridgehead atoms. The van der Waals surface area contributed by atoms with E-state index in [-0.39, 0.29) is 29.8 Å². The standard InChI is InChI=1S/C28H30N4O/c1-18-6-10-20(11-7-18)25-23-4-3-5-24(26(30-25)21-12-8-19(2)9-13-21)27(23)31-32-28(33)22-14-16-29-17-15-22/h6-17,23-26,30H,3-5H2,1-2H3,(H,32,33)/t23?,24?,25-,26+. The largest absolute Gasteiger partial charge is 0.302 e. The van der Waals surface area contributed by atoms with Crippen LogP contribution in [0.3, 0.4) is 0 Å². The molecule has 1 saturated carbocycles. The minimum absolute atomic E-state index is 0.157. The van der Waals surface area contributed by atoms with Gasteiger partial charge in [0.1, 0.15) is 0 Å². The molecular weight excluding hydrogens is 408 g/mol. The number of carbonyl (C=O) groups excluding carboxylic acids is 1. The number of nitrogens with zero attached hydrogens (tertiary/aromatic N) is 2. The smallest absolute Gasteiger partial charge is 0.271 e. The number of amides is 1. The molecule has 1 amide bonds. The number of rotatable bonds is 4. The summed E-state index contributed by atoms with van der Waals surface area (Å²) >= 11 is 0. The first-order valence-corrected chi connectivity index (χ1v) is 11.8. The van der Waals surface area contributed by atoms with Crippen LogP contribution in [0.5, 0.6) is 0 Å². The van der Waals surface area contributed by atoms with Crippen molar-refractivity contribution in [2.24, 2.45) is 16.9 Å². The van der Waals surface area contributed by atoms with Crippen LogP contribution in [0.4, 0.5) is 0 Å². The highest BCUT2D eigenvalue weighted by Crippen LogP contribution is 2.46. The third kappa shape index (κ3) is 4.46. The van der Waals surface area contributed by atoms with Gasteiger partial charge in [-0.1, -0.05) is 66.1 Å². The van der Waals surface area contributed by atoms with Crippen molar-refractivity contribution in [3.05, 3.63) is 101 Å². The number of aryl methyl sites for hydroxylation is 2. The highest BCUT2D eigenvalue weighted by atomic mass is 16.2. The van der Waals surface area contributed by atoms with Gasteiger partial charge in [-0.05, 0) is 49.9 Å². The van der Waals surface area contributed by atoms with Gasteiger partial charge in [-0.25, -0.2) is 5.43 Å². The molecule has 3 aromatic rings. The Hall–Kier alpha value is -3.31. The fourth-order valence-corrected chi connectivity index (χ4v) is 5.28. The lowest BCUT2D eigenvalue weighted by molar-refractivity contribution is 0.0953. The van der Waals surface area contributed by atoms with Crippen molar-refractivity contribution in [1.29, 1.82) is 0 Å². The quantitative estimate of drug-likeness (QED) is 0.544. The summed E-state index contributed by atoms with van der Waals surface area (Å²) in [6, 6.07) is 21.3. The molecule has 1 aliphatic carbocycles. The average molecular weight is 439 g/mol. The van der Waals surface area contributed by atoms with Gasteiger partial charge >= 0.3 is 0 Å². The molecule has 5 heteroatoms. The van der Waals surface area contributed by atoms with Gasteiger partial charge in [0.05, 0.1) is 0 Å². The van der Waals surface area contributed by atoms with E-state index in [0.29, 0.717) is 5.56 Å². The molecule has 33 heavy (non-hydrogen) atoms. The van der Waals surface area contributed by atoms with Crippen LogP contribution in [0, 0.1) is 25.7 Å². The molecule has 1 aromatic heterocycles. The van der Waals surface area contributed by atoms with Gasteiger partial charge in [0.2, 0.25) is 0 Å². The lowest BCUT2D eigenvalue weighted by Crippen LogP contribution is -2.51. The predicted octanol–water partition coefficient (Wildman–Crippen LogP) is 5.29. The third-order valence-electron chi connectivity index (χ3n) is 7.06. The van der Waals surface area contributed by atoms with Crippen molar-refractivity contribution in [3.8, 4) is 0 Å². The maximum Gasteiger partial charge on any atom is 0.271 e. The molecule has 1 saturated heterocycles. The first kappa shape index (κ1) is 21.5. The third-order valence-corrected chi connectivity index (χ3v) is 7.06. The van der Waals surface area contributed by atoms with Crippen LogP contribution in [0.2, 0.25) is 0 Å². The Morgan fingerprint density at radius 1 is 0.848 bits per heavy atom. The summed E-state index contributed by atoms with van der Waals surface area (Å²) in [6.07, 6.45) is 6.54. The van der Waals surface area contributed by atoms with Crippen molar-refractivity contribution < 1.29 is 4.79 Å². The van der Waals surface area contributed by atoms with Gasteiger partial charge in [0, 0.05) is 47.6 Å². The number of piperidine rings is 1. The summed E-state index contributed by atoms with van der Waals surface area (Å²) < 4.78 is 0. The van der Waals surface area contributed by atoms with Crippen LogP contribution >= 0.6 is 0 Å². The van der Waals surface area contributed by atoms with E-state index in [1.54, 1.807) is 24.5 Å². The fraction of sp³-hybridized carbons (Fsp3) is 0.321. The molecule has 5 nitrogen and oxygen atoms in total. The van der Waals surface area contributed by atoms with Crippen molar-refractivity contribution in [3.63, 3.8) is 0 Å². The molecule has 2 unspecified atom stereocenters. The molecule has 2 N–H and O–H groups in total. The first-order valence-electron chi connectivity index (χ1n) is 11.8. The lowest BCUT2D eigenvalue weighted by atomic mass is 9.67. The monoisotopic (exact) mass is 438 g/mol. The summed E-state index contributed by atoms with van der Waals surface area (Å²) in [5.74, 6) is 0.317. The van der Waals surface area contributed by atoms with E-state index in [0.717, 1.165) is 18.6 Å². The molecule has 5 rings (SSSR count). The molecule has 0 spiro atoms. The zero-order chi connectivity index (χ0) is 22.8. The Kier molecular flexibility index (Phi) is 6.05. The van der Waals surface area contributed by atoms with Gasteiger partial charge < -0.3 is 5.32 Å². The van der Waals surface area contributed by atoms with Crippen molar-refractivity contribution in [2.45, 2.75) is 45.2 Å². The number of hydrogen-bond donors (Lipinski definition) is 2. The second-order valence-corrected chi connectivity index (χ2v) is 9.30. The molecule has 2 heterocycles. The molecule has 0 radical (unpaired) electrons. The number of pyridine rings is 1. The second kappa shape index (κ2) is 9.28. The van der Waals surface area contributed by atoms with Crippen molar-refractivity contribution in [2.75, 3.05) is 0 Å². The van der Waals surface area contributed by atoms with Crippen LogP contribution in [0.15, 0.2) is 78.2 Å². The molecule has 4 atom stereocenters. The summed E-state index contributed by atoms with van der Waals surface area (Å²) in [6.45, 7) is 4.23. The maximum absolute atomic E-state index is 12.7. The number of hydrogen-bond acceptors (Lipinski definition) is 4. The number of aromatic nitrogens is 1. The van der Waals surface area contributed by atoms with Gasteiger partial charge in [-0.3, -0.25) is 9.78 Å². The van der Waals surface area contributed by atoms with Crippen LogP contribution in [0.1, 0.15) is 64.0 Å². The topological polar surface area (TPSA) is 66.4 Å². The van der Waals surface area contributed by atoms with Crippen LogP contribution in [0.25, 0.3) is 0 Å². The van der Waals surface area contributed by atoms with Gasteiger partial charge in [0.15, 0.2) is 0 Å². The van der Waals surface area contributed by atoms with Gasteiger partial charge in [-0.2, -0.15) is 5.10 Å². The number of nitrogens with one attached hydrogen (secondary N) is 2. The Morgan fingerprint density at radius 2 is 1.36 bits per heavy atom. The van der Waals surface area contributed by atoms with Crippen molar-refractivity contribution in [1.82, 2.24) is 15.7 Å². The number of hydrazone groups is 1. The van der Waals surface area contributed by atoms with Crippen LogP contribution in [-0.4, -0.2) is 16.6 Å². The van der Waals surface area contributed by atoms with E-state index in [9.17, 15) is 4.79 Å². The minimum Gasteiger partial charge on any atom is -0.302 e.